The van der Waals surface area contributed by atoms with Crippen molar-refractivity contribution in [3.8, 4) is 0 Å². The molecule has 1 atom stereocenters. The van der Waals surface area contributed by atoms with Gasteiger partial charge in [0.15, 0.2) is 0 Å². The van der Waals surface area contributed by atoms with E-state index in [1.54, 1.807) is 7.11 Å². The molecule has 1 heterocycles. The number of ether oxygens (including phenoxy) is 1. The molecular formula is C12H20N2OS. The Labute approximate surface area is 101 Å². The molecule has 0 fully saturated rings. The fraction of sp³-hybridized carbons (Fsp3) is 0.750. The van der Waals surface area contributed by atoms with E-state index in [4.69, 9.17) is 9.72 Å². The molecule has 0 bridgehead atoms. The van der Waals surface area contributed by atoms with Crippen molar-refractivity contribution in [1.82, 2.24) is 10.3 Å². The van der Waals surface area contributed by atoms with Crippen LogP contribution in [-0.2, 0) is 17.6 Å². The van der Waals surface area contributed by atoms with Crippen LogP contribution in [0.3, 0.4) is 0 Å². The molecule has 0 spiro atoms. The lowest BCUT2D eigenvalue weighted by molar-refractivity contribution is 0.195. The lowest BCUT2D eigenvalue weighted by Gasteiger charge is -2.20. The molecule has 1 N–H and O–H groups in total. The van der Waals surface area contributed by atoms with Gasteiger partial charge in [0.25, 0.3) is 0 Å². The van der Waals surface area contributed by atoms with Gasteiger partial charge in [0, 0.05) is 31.1 Å². The van der Waals surface area contributed by atoms with E-state index in [-0.39, 0.29) is 0 Å². The molecule has 90 valence electrons. The van der Waals surface area contributed by atoms with Gasteiger partial charge in [0.2, 0.25) is 0 Å². The highest BCUT2D eigenvalue weighted by molar-refractivity contribution is 7.11. The first-order valence-electron chi connectivity index (χ1n) is 6.00. The maximum Gasteiger partial charge on any atom is 0.0932 e. The minimum Gasteiger partial charge on any atom is -0.385 e. The van der Waals surface area contributed by atoms with Crippen LogP contribution in [0.25, 0.3) is 0 Å². The van der Waals surface area contributed by atoms with Crippen LogP contribution >= 0.6 is 11.3 Å². The first-order valence-corrected chi connectivity index (χ1v) is 6.81. The van der Waals surface area contributed by atoms with E-state index in [9.17, 15) is 0 Å². The third-order valence-electron chi connectivity index (χ3n) is 3.08. The molecule has 1 unspecified atom stereocenters. The minimum atomic E-state index is 0.539. The van der Waals surface area contributed by atoms with Gasteiger partial charge in [-0.1, -0.05) is 0 Å². The van der Waals surface area contributed by atoms with E-state index >= 15 is 0 Å². The maximum atomic E-state index is 5.07. The fourth-order valence-corrected chi connectivity index (χ4v) is 3.52. The van der Waals surface area contributed by atoms with Gasteiger partial charge in [-0.3, -0.25) is 0 Å². The number of hydrogen-bond acceptors (Lipinski definition) is 4. The second-order valence-corrected chi connectivity index (χ2v) is 5.36. The Bertz CT molecular complexity index is 338. The Balaban J connectivity index is 2.03. The highest BCUT2D eigenvalue weighted by Crippen LogP contribution is 2.34. The number of fused-ring (bicyclic) bond motifs is 1. The Morgan fingerprint density at radius 1 is 1.56 bits per heavy atom. The molecule has 1 aliphatic rings. The molecule has 0 aliphatic heterocycles. The van der Waals surface area contributed by atoms with Gasteiger partial charge in [-0.2, -0.15) is 0 Å². The van der Waals surface area contributed by atoms with Gasteiger partial charge in [-0.15, -0.1) is 11.3 Å². The third kappa shape index (κ3) is 2.62. The molecule has 16 heavy (non-hydrogen) atoms. The van der Waals surface area contributed by atoms with Crippen molar-refractivity contribution in [2.24, 2.45) is 0 Å². The molecule has 3 nitrogen and oxygen atoms in total. The first kappa shape index (κ1) is 12.0. The number of hydrogen-bond donors (Lipinski definition) is 1. The van der Waals surface area contributed by atoms with Crippen LogP contribution < -0.4 is 5.32 Å². The number of nitrogens with one attached hydrogen (secondary N) is 1. The van der Waals surface area contributed by atoms with Crippen molar-refractivity contribution in [1.29, 1.82) is 0 Å². The predicted octanol–water partition coefficient (Wildman–Crippen LogP) is 2.32. The zero-order valence-corrected chi connectivity index (χ0v) is 10.9. The lowest BCUT2D eigenvalue weighted by Crippen LogP contribution is -2.19. The summed E-state index contributed by atoms with van der Waals surface area (Å²) in [4.78, 5) is 6.22. The minimum absolute atomic E-state index is 0.539. The molecule has 4 heteroatoms. The van der Waals surface area contributed by atoms with Gasteiger partial charge >= 0.3 is 0 Å². The normalized spacial score (nSPS) is 19.8. The summed E-state index contributed by atoms with van der Waals surface area (Å²) in [6.45, 7) is 0.833. The van der Waals surface area contributed by atoms with Crippen molar-refractivity contribution >= 4 is 11.3 Å². The molecule has 2 rings (SSSR count). The van der Waals surface area contributed by atoms with E-state index in [2.05, 4.69) is 5.32 Å². The number of rotatable bonds is 5. The van der Waals surface area contributed by atoms with Crippen molar-refractivity contribution in [3.05, 3.63) is 15.6 Å². The summed E-state index contributed by atoms with van der Waals surface area (Å²) in [6, 6.07) is 0.539. The molecule has 1 aromatic rings. The zero-order chi connectivity index (χ0) is 11.4. The zero-order valence-electron chi connectivity index (χ0n) is 10.1. The van der Waals surface area contributed by atoms with E-state index < -0.39 is 0 Å². The highest BCUT2D eigenvalue weighted by Gasteiger charge is 2.22. The van der Waals surface area contributed by atoms with Gasteiger partial charge in [0.05, 0.1) is 10.7 Å². The molecule has 0 saturated carbocycles. The number of aromatic nitrogens is 1. The van der Waals surface area contributed by atoms with Gasteiger partial charge < -0.3 is 10.1 Å². The SMILES string of the molecule is CNC1CCCc2nc(CCCOC)sc21. The van der Waals surface area contributed by atoms with E-state index in [1.807, 2.05) is 18.4 Å². The van der Waals surface area contributed by atoms with Crippen LogP contribution in [-0.4, -0.2) is 25.7 Å². The smallest absolute Gasteiger partial charge is 0.0932 e. The molecule has 0 aromatic carbocycles. The lowest BCUT2D eigenvalue weighted by atomic mass is 9.98. The fourth-order valence-electron chi connectivity index (χ4n) is 2.22. The summed E-state index contributed by atoms with van der Waals surface area (Å²) in [5, 5.41) is 4.67. The molecule has 1 aromatic heterocycles. The van der Waals surface area contributed by atoms with Gasteiger partial charge in [0.1, 0.15) is 0 Å². The van der Waals surface area contributed by atoms with Crippen LogP contribution in [0.1, 0.15) is 40.9 Å². The molecule has 1 aliphatic carbocycles. The summed E-state index contributed by atoms with van der Waals surface area (Å²) >= 11 is 1.89. The molecular weight excluding hydrogens is 220 g/mol. The van der Waals surface area contributed by atoms with E-state index in [1.165, 1.54) is 28.4 Å². The quantitative estimate of drug-likeness (QED) is 0.802. The van der Waals surface area contributed by atoms with Crippen LogP contribution in [0.5, 0.6) is 0 Å². The van der Waals surface area contributed by atoms with Crippen molar-refractivity contribution in [2.45, 2.75) is 38.1 Å². The average molecular weight is 240 g/mol. The average Bonchev–Trinajstić information content (AvgIpc) is 2.71. The number of thiazole rings is 1. The van der Waals surface area contributed by atoms with Crippen LogP contribution in [0.4, 0.5) is 0 Å². The van der Waals surface area contributed by atoms with Gasteiger partial charge in [-0.25, -0.2) is 4.98 Å². The van der Waals surface area contributed by atoms with Crippen LogP contribution in [0.2, 0.25) is 0 Å². The van der Waals surface area contributed by atoms with Crippen LogP contribution in [0.15, 0.2) is 0 Å². The summed E-state index contributed by atoms with van der Waals surface area (Å²) in [5.74, 6) is 0. The number of aryl methyl sites for hydroxylation is 2. The Kier molecular flexibility index (Phi) is 4.32. The number of nitrogens with zero attached hydrogens (tertiary/aromatic N) is 1. The Morgan fingerprint density at radius 3 is 3.19 bits per heavy atom. The summed E-state index contributed by atoms with van der Waals surface area (Å²) in [6.07, 6.45) is 5.81. The summed E-state index contributed by atoms with van der Waals surface area (Å²) in [7, 11) is 3.80. The molecule has 0 amide bonds. The largest absolute Gasteiger partial charge is 0.385 e. The Morgan fingerprint density at radius 2 is 2.44 bits per heavy atom. The van der Waals surface area contributed by atoms with Crippen molar-refractivity contribution in [3.63, 3.8) is 0 Å². The van der Waals surface area contributed by atoms with E-state index in [0.29, 0.717) is 6.04 Å². The highest BCUT2D eigenvalue weighted by atomic mass is 32.1. The maximum absolute atomic E-state index is 5.07. The summed E-state index contributed by atoms with van der Waals surface area (Å²) < 4.78 is 5.07. The van der Waals surface area contributed by atoms with Crippen LogP contribution in [0, 0.1) is 0 Å². The van der Waals surface area contributed by atoms with E-state index in [0.717, 1.165) is 25.9 Å². The third-order valence-corrected chi connectivity index (χ3v) is 4.35. The summed E-state index contributed by atoms with van der Waals surface area (Å²) in [5.41, 5.74) is 1.34. The topological polar surface area (TPSA) is 34.2 Å². The monoisotopic (exact) mass is 240 g/mol. The second-order valence-electron chi connectivity index (χ2n) is 4.25. The molecule has 0 saturated heterocycles. The predicted molar refractivity (Wildman–Crippen MR) is 67.0 cm³/mol. The Hall–Kier alpha value is -0.450. The second kappa shape index (κ2) is 5.75. The first-order chi connectivity index (χ1) is 7.85. The molecule has 0 radical (unpaired) electrons. The van der Waals surface area contributed by atoms with Crippen molar-refractivity contribution < 1.29 is 4.74 Å². The standard InChI is InChI=1S/C12H20N2OS/c1-13-9-5-3-6-10-12(9)16-11(14-10)7-4-8-15-2/h9,13H,3-8H2,1-2H3. The number of methoxy groups -OCH3 is 1. The van der Waals surface area contributed by atoms with Crippen molar-refractivity contribution in [2.75, 3.05) is 20.8 Å². The van der Waals surface area contributed by atoms with Gasteiger partial charge in [-0.05, 0) is 32.7 Å².